The normalized spacial score (nSPS) is 25.0. The van der Waals surface area contributed by atoms with Crippen LogP contribution in [0.15, 0.2) is 89.4 Å². The van der Waals surface area contributed by atoms with Gasteiger partial charge in [-0.2, -0.15) is 4.98 Å². The monoisotopic (exact) mass is 864 g/mol. The van der Waals surface area contributed by atoms with Crippen LogP contribution in [0.3, 0.4) is 0 Å². The van der Waals surface area contributed by atoms with Crippen molar-refractivity contribution in [2.45, 2.75) is 107 Å². The van der Waals surface area contributed by atoms with Gasteiger partial charge < -0.3 is 29.4 Å². The third-order valence-electron chi connectivity index (χ3n) is 12.0. The SMILES string of the molecule is CC(C)Oc1ccc(-c2nc(O[C@@H]3C[C@H]4C(=O)N[C@]5(C(=O)NS(=O)(=O)C6CC6)C[C@H]5/C=C\CCCCC[C@H](Nc5ccccc5)C(=O)N4C3)c3oc4ccc(F)cc4c3n2)cc1. The van der Waals surface area contributed by atoms with Gasteiger partial charge in [0.25, 0.3) is 11.8 Å². The summed E-state index contributed by atoms with van der Waals surface area (Å²) in [6.45, 7) is 3.83. The number of anilines is 1. The number of carbonyl (C=O) groups excluding carboxylic acids is 3. The molecule has 9 rings (SSSR count). The molecule has 3 amide bonds. The van der Waals surface area contributed by atoms with Gasteiger partial charge in [0.15, 0.2) is 5.82 Å². The number of hydrogen-bond acceptors (Lipinski definition) is 11. The molecule has 2 aliphatic heterocycles. The topological polar surface area (TPSA) is 182 Å². The molecule has 62 heavy (non-hydrogen) atoms. The number of allylic oxidation sites excluding steroid dienone is 1. The Kier molecular flexibility index (Phi) is 11.1. The Bertz CT molecular complexity index is 2650. The second-order valence-corrected chi connectivity index (χ2v) is 19.0. The van der Waals surface area contributed by atoms with E-state index in [2.05, 4.69) is 15.4 Å². The van der Waals surface area contributed by atoms with E-state index in [1.165, 1.54) is 23.1 Å². The summed E-state index contributed by atoms with van der Waals surface area (Å²) >= 11 is 0. The maximum absolute atomic E-state index is 14.8. The average Bonchev–Trinajstić information content (AvgIpc) is 4.15. The molecule has 2 aromatic heterocycles. The van der Waals surface area contributed by atoms with E-state index < -0.39 is 62.5 Å². The standard InChI is InChI=1S/C46H49FN6O8S/c1-27(2)59-32-18-15-28(16-19-32)41-49-39-35-23-30(47)17-22-38(35)61-40(39)43(50-41)60-33-24-37-42(54)51-46(45(56)52-62(57,58)34-20-21-34)25-29(46)11-7-4-3-5-10-14-36(44(55)53(37)26-33)48-31-12-8-6-9-13-31/h6-9,11-13,15-19,22-23,27,29,33-34,36-37,48H,3-5,10,14,20-21,24-26H2,1-2H3,(H,51,54)(H,52,56)/b11-7-/t29-,33-,36+,37+,46-/m1/s1. The molecular formula is C46H49FN6O8S. The number of carbonyl (C=O) groups is 3. The molecule has 2 saturated carbocycles. The van der Waals surface area contributed by atoms with Crippen LogP contribution in [-0.4, -0.2) is 82.6 Å². The van der Waals surface area contributed by atoms with E-state index in [4.69, 9.17) is 23.9 Å². The molecule has 0 radical (unpaired) electrons. The highest BCUT2D eigenvalue weighted by atomic mass is 32.2. The first kappa shape index (κ1) is 41.3. The number of nitrogens with one attached hydrogen (secondary N) is 3. The molecular weight excluding hydrogens is 816 g/mol. The molecule has 5 aromatic rings. The van der Waals surface area contributed by atoms with Crippen LogP contribution >= 0.6 is 0 Å². The van der Waals surface area contributed by atoms with Crippen molar-refractivity contribution < 1.29 is 41.1 Å². The van der Waals surface area contributed by atoms with E-state index in [-0.39, 0.29) is 48.7 Å². The first-order valence-electron chi connectivity index (χ1n) is 21.4. The minimum absolute atomic E-state index is 0.00509. The molecule has 0 unspecified atom stereocenters. The van der Waals surface area contributed by atoms with E-state index in [9.17, 15) is 27.2 Å². The molecule has 3 aromatic carbocycles. The number of amides is 3. The number of sulfonamides is 1. The molecule has 4 aliphatic rings. The van der Waals surface area contributed by atoms with Crippen molar-refractivity contribution in [3.05, 3.63) is 90.8 Å². The highest BCUT2D eigenvalue weighted by Crippen LogP contribution is 2.46. The van der Waals surface area contributed by atoms with Crippen molar-refractivity contribution in [2.75, 3.05) is 11.9 Å². The maximum Gasteiger partial charge on any atom is 0.262 e. The first-order valence-corrected chi connectivity index (χ1v) is 22.9. The van der Waals surface area contributed by atoms with Gasteiger partial charge in [0.1, 0.15) is 46.4 Å². The number of rotatable bonds is 10. The van der Waals surface area contributed by atoms with E-state index in [0.29, 0.717) is 47.1 Å². The molecule has 3 N–H and O–H groups in total. The van der Waals surface area contributed by atoms with E-state index in [0.717, 1.165) is 31.4 Å². The lowest BCUT2D eigenvalue weighted by atomic mass is 10.0. The molecule has 0 bridgehead atoms. The maximum atomic E-state index is 14.8. The van der Waals surface area contributed by atoms with Gasteiger partial charge in [-0.05, 0) is 107 Å². The Morgan fingerprint density at radius 3 is 2.55 bits per heavy atom. The molecule has 16 heteroatoms. The van der Waals surface area contributed by atoms with Crippen LogP contribution < -0.4 is 24.8 Å². The number of nitrogens with zero attached hydrogens (tertiary/aromatic N) is 3. The summed E-state index contributed by atoms with van der Waals surface area (Å²) in [5.74, 6) is -1.67. The van der Waals surface area contributed by atoms with Gasteiger partial charge in [-0.3, -0.25) is 19.1 Å². The number of aromatic nitrogens is 2. The number of benzene rings is 3. The van der Waals surface area contributed by atoms with Crippen molar-refractivity contribution in [1.29, 1.82) is 0 Å². The highest BCUT2D eigenvalue weighted by Gasteiger charge is 2.62. The summed E-state index contributed by atoms with van der Waals surface area (Å²) < 4.78 is 61.5. The molecule has 1 saturated heterocycles. The van der Waals surface area contributed by atoms with Crippen LogP contribution in [0.2, 0.25) is 0 Å². The van der Waals surface area contributed by atoms with Crippen LogP contribution in [0.25, 0.3) is 33.5 Å². The van der Waals surface area contributed by atoms with Crippen LogP contribution in [0.1, 0.15) is 71.6 Å². The highest BCUT2D eigenvalue weighted by molar-refractivity contribution is 7.91. The van der Waals surface area contributed by atoms with Crippen molar-refractivity contribution >= 4 is 55.5 Å². The second kappa shape index (κ2) is 16.7. The van der Waals surface area contributed by atoms with Gasteiger partial charge >= 0.3 is 0 Å². The third-order valence-corrected chi connectivity index (χ3v) is 13.8. The first-order chi connectivity index (χ1) is 29.9. The molecule has 4 heterocycles. The Morgan fingerprint density at radius 2 is 1.79 bits per heavy atom. The molecule has 0 spiro atoms. The lowest BCUT2D eigenvalue weighted by Gasteiger charge is -2.30. The van der Waals surface area contributed by atoms with Crippen molar-refractivity contribution in [1.82, 2.24) is 24.9 Å². The summed E-state index contributed by atoms with van der Waals surface area (Å²) in [4.78, 5) is 54.5. The third kappa shape index (κ3) is 8.56. The van der Waals surface area contributed by atoms with Crippen molar-refractivity contribution in [3.8, 4) is 23.0 Å². The van der Waals surface area contributed by atoms with Gasteiger partial charge in [0.2, 0.25) is 27.4 Å². The zero-order valence-electron chi connectivity index (χ0n) is 34.5. The number of fused-ring (bicyclic) bond motifs is 5. The van der Waals surface area contributed by atoms with Gasteiger partial charge in [-0.1, -0.05) is 43.2 Å². The van der Waals surface area contributed by atoms with E-state index in [1.54, 1.807) is 12.1 Å². The number of halogens is 1. The quantitative estimate of drug-likeness (QED) is 0.126. The summed E-state index contributed by atoms with van der Waals surface area (Å²) in [5, 5.41) is 6.11. The van der Waals surface area contributed by atoms with Crippen molar-refractivity contribution in [3.63, 3.8) is 0 Å². The minimum Gasteiger partial charge on any atom is -0.491 e. The molecule has 324 valence electrons. The summed E-state index contributed by atoms with van der Waals surface area (Å²) in [7, 11) is -3.91. The van der Waals surface area contributed by atoms with Gasteiger partial charge in [-0.15, -0.1) is 0 Å². The zero-order valence-corrected chi connectivity index (χ0v) is 35.3. The fourth-order valence-corrected chi connectivity index (χ4v) is 9.86. The van der Waals surface area contributed by atoms with Gasteiger partial charge in [0.05, 0.1) is 17.9 Å². The Morgan fingerprint density at radius 1 is 1.00 bits per heavy atom. The van der Waals surface area contributed by atoms with Gasteiger partial charge in [0, 0.05) is 29.0 Å². The fourth-order valence-electron chi connectivity index (χ4n) is 8.50. The molecule has 14 nitrogen and oxygen atoms in total. The van der Waals surface area contributed by atoms with Crippen molar-refractivity contribution in [2.24, 2.45) is 5.92 Å². The lowest BCUT2D eigenvalue weighted by Crippen LogP contribution is -2.57. The Balaban J connectivity index is 1.07. The lowest BCUT2D eigenvalue weighted by molar-refractivity contribution is -0.140. The number of hydrogen-bond donors (Lipinski definition) is 3. The van der Waals surface area contributed by atoms with E-state index in [1.807, 2.05) is 68.5 Å². The summed E-state index contributed by atoms with van der Waals surface area (Å²) in [6, 6.07) is 18.9. The van der Waals surface area contributed by atoms with Crippen LogP contribution in [0.5, 0.6) is 11.6 Å². The van der Waals surface area contributed by atoms with Crippen LogP contribution in [-0.2, 0) is 24.4 Å². The molecule has 3 fully saturated rings. The second-order valence-electron chi connectivity index (χ2n) is 17.0. The number of furan rings is 1. The number of ether oxygens (including phenoxy) is 2. The summed E-state index contributed by atoms with van der Waals surface area (Å²) in [6.07, 6.45) is 7.82. The fraction of sp³-hybridized carbons (Fsp3) is 0.413. The van der Waals surface area contributed by atoms with E-state index >= 15 is 0 Å². The van der Waals surface area contributed by atoms with Crippen LogP contribution in [0, 0.1) is 11.7 Å². The van der Waals surface area contributed by atoms with Crippen LogP contribution in [0.4, 0.5) is 10.1 Å². The Hall–Kier alpha value is -6.03. The molecule has 2 aliphatic carbocycles. The molecule has 5 atom stereocenters. The summed E-state index contributed by atoms with van der Waals surface area (Å²) in [5.41, 5.74) is 0.701. The predicted octanol–water partition coefficient (Wildman–Crippen LogP) is 6.80. The smallest absolute Gasteiger partial charge is 0.262 e. The Labute approximate surface area is 358 Å². The van der Waals surface area contributed by atoms with Gasteiger partial charge in [-0.25, -0.2) is 17.8 Å². The number of para-hydroxylation sites is 1. The zero-order chi connectivity index (χ0) is 43.2. The minimum atomic E-state index is -3.91. The predicted molar refractivity (Wildman–Crippen MR) is 230 cm³/mol. The average molecular weight is 865 g/mol. The largest absolute Gasteiger partial charge is 0.491 e.